The van der Waals surface area contributed by atoms with Gasteiger partial charge in [0, 0.05) is 34.2 Å². The summed E-state index contributed by atoms with van der Waals surface area (Å²) in [5.41, 5.74) is 0.726. The van der Waals surface area contributed by atoms with Crippen LogP contribution in [0.2, 0.25) is 5.02 Å². The smallest absolute Gasteiger partial charge is 0.262 e. The predicted molar refractivity (Wildman–Crippen MR) is 89.2 cm³/mol. The number of rotatable bonds is 3. The van der Waals surface area contributed by atoms with Gasteiger partial charge in [0.25, 0.3) is 5.91 Å². The summed E-state index contributed by atoms with van der Waals surface area (Å²) in [6.07, 6.45) is 0.379. The Morgan fingerprint density at radius 3 is 2.52 bits per heavy atom. The molecule has 0 radical (unpaired) electrons. The second-order valence-electron chi connectivity index (χ2n) is 5.50. The molecular formula is C18H12ClF2NO3. The van der Waals surface area contributed by atoms with Gasteiger partial charge in [-0.05, 0) is 36.8 Å². The van der Waals surface area contributed by atoms with Crippen LogP contribution in [0.25, 0.3) is 10.9 Å². The predicted octanol–water partition coefficient (Wildman–Crippen LogP) is 4.02. The minimum absolute atomic E-state index is 0.0536. The van der Waals surface area contributed by atoms with Crippen molar-refractivity contribution in [1.29, 1.82) is 0 Å². The summed E-state index contributed by atoms with van der Waals surface area (Å²) in [6, 6.07) is 6.90. The SMILES string of the molecule is Cc1c(CC=O)c2c(F)c(O)c(F)cc2n1C(=O)c1ccc(Cl)cc1. The molecule has 1 aromatic heterocycles. The highest BCUT2D eigenvalue weighted by molar-refractivity contribution is 6.30. The highest BCUT2D eigenvalue weighted by Gasteiger charge is 2.25. The van der Waals surface area contributed by atoms with Crippen LogP contribution >= 0.6 is 11.6 Å². The van der Waals surface area contributed by atoms with E-state index in [-0.39, 0.29) is 28.5 Å². The number of aromatic hydroxyl groups is 1. The Hall–Kier alpha value is -2.73. The molecule has 1 N–H and O–H groups in total. The van der Waals surface area contributed by atoms with E-state index in [1.807, 2.05) is 0 Å². The molecule has 7 heteroatoms. The zero-order valence-electron chi connectivity index (χ0n) is 13.0. The van der Waals surface area contributed by atoms with Crippen molar-refractivity contribution in [2.75, 3.05) is 0 Å². The first kappa shape index (κ1) is 17.1. The van der Waals surface area contributed by atoms with E-state index in [0.29, 0.717) is 17.0 Å². The van der Waals surface area contributed by atoms with E-state index in [4.69, 9.17) is 11.6 Å². The fourth-order valence-corrected chi connectivity index (χ4v) is 3.00. The van der Waals surface area contributed by atoms with E-state index >= 15 is 0 Å². The number of fused-ring (bicyclic) bond motifs is 1. The molecule has 128 valence electrons. The first-order chi connectivity index (χ1) is 11.9. The average Bonchev–Trinajstić information content (AvgIpc) is 2.85. The number of benzene rings is 2. The van der Waals surface area contributed by atoms with Crippen LogP contribution in [0.1, 0.15) is 21.6 Å². The third-order valence-corrected chi connectivity index (χ3v) is 4.32. The Labute approximate surface area is 146 Å². The van der Waals surface area contributed by atoms with Gasteiger partial charge in [0.1, 0.15) is 6.29 Å². The van der Waals surface area contributed by atoms with Gasteiger partial charge in [-0.15, -0.1) is 0 Å². The maximum Gasteiger partial charge on any atom is 0.262 e. The number of hydrogen-bond donors (Lipinski definition) is 1. The van der Waals surface area contributed by atoms with Gasteiger partial charge in [-0.25, -0.2) is 8.78 Å². The summed E-state index contributed by atoms with van der Waals surface area (Å²) in [7, 11) is 0. The number of carbonyl (C=O) groups excluding carboxylic acids is 2. The van der Waals surface area contributed by atoms with Crippen molar-refractivity contribution < 1.29 is 23.5 Å². The highest BCUT2D eigenvalue weighted by Crippen LogP contribution is 2.35. The van der Waals surface area contributed by atoms with Gasteiger partial charge in [-0.3, -0.25) is 9.36 Å². The molecule has 3 rings (SSSR count). The van der Waals surface area contributed by atoms with E-state index in [9.17, 15) is 23.5 Å². The number of phenolic OH excluding ortho intramolecular Hbond substituents is 1. The Morgan fingerprint density at radius 2 is 1.92 bits per heavy atom. The summed E-state index contributed by atoms with van der Waals surface area (Å²) in [5.74, 6) is -4.06. The van der Waals surface area contributed by atoms with Gasteiger partial charge in [0.05, 0.1) is 5.52 Å². The van der Waals surface area contributed by atoms with Crippen molar-refractivity contribution in [2.45, 2.75) is 13.3 Å². The van der Waals surface area contributed by atoms with Crippen molar-refractivity contribution in [2.24, 2.45) is 0 Å². The number of phenols is 1. The zero-order chi connectivity index (χ0) is 18.3. The van der Waals surface area contributed by atoms with Crippen LogP contribution in [-0.2, 0) is 11.2 Å². The maximum atomic E-state index is 14.4. The van der Waals surface area contributed by atoms with Crippen LogP contribution in [-0.4, -0.2) is 21.9 Å². The van der Waals surface area contributed by atoms with Crippen LogP contribution < -0.4 is 0 Å². The van der Waals surface area contributed by atoms with Crippen LogP contribution in [0.3, 0.4) is 0 Å². The third kappa shape index (κ3) is 2.68. The van der Waals surface area contributed by atoms with Gasteiger partial charge in [-0.2, -0.15) is 0 Å². The lowest BCUT2D eigenvalue weighted by atomic mass is 10.1. The number of aromatic nitrogens is 1. The van der Waals surface area contributed by atoms with Gasteiger partial charge in [0.2, 0.25) is 0 Å². The summed E-state index contributed by atoms with van der Waals surface area (Å²) < 4.78 is 29.4. The van der Waals surface area contributed by atoms with Gasteiger partial charge in [-0.1, -0.05) is 11.6 Å². The van der Waals surface area contributed by atoms with Crippen molar-refractivity contribution in [1.82, 2.24) is 4.57 Å². The number of carbonyl (C=O) groups is 2. The lowest BCUT2D eigenvalue weighted by Crippen LogP contribution is -2.13. The molecule has 0 saturated carbocycles. The molecule has 25 heavy (non-hydrogen) atoms. The van der Waals surface area contributed by atoms with Crippen molar-refractivity contribution in [3.05, 3.63) is 63.8 Å². The summed E-state index contributed by atoms with van der Waals surface area (Å²) in [6.45, 7) is 1.53. The molecule has 0 aliphatic rings. The Balaban J connectivity index is 2.34. The van der Waals surface area contributed by atoms with Crippen LogP contribution in [0.4, 0.5) is 8.78 Å². The van der Waals surface area contributed by atoms with Crippen molar-refractivity contribution >= 4 is 34.7 Å². The molecule has 0 amide bonds. The molecule has 0 aliphatic carbocycles. The Bertz CT molecular complexity index is 1010. The summed E-state index contributed by atoms with van der Waals surface area (Å²) in [5, 5.41) is 9.83. The molecule has 0 saturated heterocycles. The number of halogens is 3. The quantitative estimate of drug-likeness (QED) is 0.715. The molecule has 2 aromatic carbocycles. The van der Waals surface area contributed by atoms with Crippen LogP contribution in [0, 0.1) is 18.6 Å². The number of hydrogen-bond acceptors (Lipinski definition) is 3. The second-order valence-corrected chi connectivity index (χ2v) is 5.93. The molecule has 0 aliphatic heterocycles. The monoisotopic (exact) mass is 363 g/mol. The van der Waals surface area contributed by atoms with Crippen LogP contribution in [0.15, 0.2) is 30.3 Å². The normalized spacial score (nSPS) is 11.0. The first-order valence-electron chi connectivity index (χ1n) is 7.31. The second kappa shape index (κ2) is 6.29. The first-order valence-corrected chi connectivity index (χ1v) is 7.69. The van der Waals surface area contributed by atoms with Gasteiger partial charge >= 0.3 is 0 Å². The maximum absolute atomic E-state index is 14.4. The molecule has 1 heterocycles. The van der Waals surface area contributed by atoms with E-state index in [0.717, 1.165) is 10.6 Å². The standard InChI is InChI=1S/C18H12ClF2NO3/c1-9-12(6-7-23)15-14(8-13(20)17(24)16(15)21)22(9)18(25)10-2-4-11(19)5-3-10/h2-5,7-8,24H,6H2,1H3. The molecular weight excluding hydrogens is 352 g/mol. The minimum Gasteiger partial charge on any atom is -0.503 e. The number of nitrogens with zero attached hydrogens (tertiary/aromatic N) is 1. The van der Waals surface area contributed by atoms with E-state index in [2.05, 4.69) is 0 Å². The molecule has 0 atom stereocenters. The van der Waals surface area contributed by atoms with E-state index in [1.54, 1.807) is 0 Å². The van der Waals surface area contributed by atoms with Crippen molar-refractivity contribution in [3.8, 4) is 5.75 Å². The van der Waals surface area contributed by atoms with Crippen molar-refractivity contribution in [3.63, 3.8) is 0 Å². The molecule has 3 aromatic rings. The highest BCUT2D eigenvalue weighted by atomic mass is 35.5. The van der Waals surface area contributed by atoms with E-state index in [1.165, 1.54) is 31.2 Å². The lowest BCUT2D eigenvalue weighted by molar-refractivity contribution is -0.107. The topological polar surface area (TPSA) is 59.3 Å². The molecule has 0 bridgehead atoms. The molecule has 0 spiro atoms. The fourth-order valence-electron chi connectivity index (χ4n) is 2.87. The van der Waals surface area contributed by atoms with Gasteiger partial charge < -0.3 is 9.90 Å². The van der Waals surface area contributed by atoms with E-state index < -0.39 is 23.3 Å². The lowest BCUT2D eigenvalue weighted by Gasteiger charge is -2.08. The molecule has 0 unspecified atom stereocenters. The molecule has 4 nitrogen and oxygen atoms in total. The minimum atomic E-state index is -1.20. The zero-order valence-corrected chi connectivity index (χ0v) is 13.8. The summed E-state index contributed by atoms with van der Waals surface area (Å²) in [4.78, 5) is 23.8. The Kier molecular flexibility index (Phi) is 4.30. The van der Waals surface area contributed by atoms with Gasteiger partial charge in [0.15, 0.2) is 17.4 Å². The Morgan fingerprint density at radius 1 is 1.28 bits per heavy atom. The van der Waals surface area contributed by atoms with Crippen LogP contribution in [0.5, 0.6) is 5.75 Å². The number of aldehydes is 1. The summed E-state index contributed by atoms with van der Waals surface area (Å²) >= 11 is 5.81. The molecule has 0 fully saturated rings. The average molecular weight is 364 g/mol. The fraction of sp³-hybridized carbons (Fsp3) is 0.111. The third-order valence-electron chi connectivity index (χ3n) is 4.07. The largest absolute Gasteiger partial charge is 0.503 e.